The van der Waals surface area contributed by atoms with E-state index in [0.29, 0.717) is 24.1 Å². The Hall–Kier alpha value is -2.93. The number of furan rings is 1. The van der Waals surface area contributed by atoms with Gasteiger partial charge in [-0.1, -0.05) is 0 Å². The standard InChI is InChI=1S/C19H20N4O3/c1-14(24)15-4-6-16(7-5-15)23-10-8-22(9-11-23)13-18-20-21-19(26-18)17-3-2-12-25-17/h2-7,12H,8-11,13H2,1H3/p+1. The number of nitrogens with zero attached hydrogens (tertiary/aromatic N) is 3. The molecule has 0 aliphatic carbocycles. The molecule has 26 heavy (non-hydrogen) atoms. The van der Waals surface area contributed by atoms with Crippen molar-refractivity contribution in [2.75, 3.05) is 31.1 Å². The van der Waals surface area contributed by atoms with E-state index in [1.165, 1.54) is 4.90 Å². The second-order valence-corrected chi connectivity index (χ2v) is 6.50. The maximum Gasteiger partial charge on any atom is 0.283 e. The van der Waals surface area contributed by atoms with Gasteiger partial charge in [-0.15, -0.1) is 10.2 Å². The summed E-state index contributed by atoms with van der Waals surface area (Å²) in [7, 11) is 0. The van der Waals surface area contributed by atoms with E-state index in [2.05, 4.69) is 15.1 Å². The molecule has 134 valence electrons. The second kappa shape index (κ2) is 7.13. The van der Waals surface area contributed by atoms with Crippen molar-refractivity contribution in [3.63, 3.8) is 0 Å². The van der Waals surface area contributed by atoms with Gasteiger partial charge in [-0.2, -0.15) is 0 Å². The zero-order valence-corrected chi connectivity index (χ0v) is 14.6. The summed E-state index contributed by atoms with van der Waals surface area (Å²) < 4.78 is 11.0. The Bertz CT molecular complexity index is 863. The average molecular weight is 353 g/mol. The van der Waals surface area contributed by atoms with Gasteiger partial charge in [-0.3, -0.25) is 4.79 Å². The van der Waals surface area contributed by atoms with Crippen LogP contribution in [0.2, 0.25) is 0 Å². The van der Waals surface area contributed by atoms with E-state index < -0.39 is 0 Å². The Morgan fingerprint density at radius 2 is 1.92 bits per heavy atom. The minimum absolute atomic E-state index is 0.0966. The number of hydrogen-bond acceptors (Lipinski definition) is 6. The Labute approximate surface area is 151 Å². The normalized spacial score (nSPS) is 15.3. The third-order valence-corrected chi connectivity index (χ3v) is 4.71. The van der Waals surface area contributed by atoms with Crippen LogP contribution in [0.15, 0.2) is 51.5 Å². The van der Waals surface area contributed by atoms with Crippen molar-refractivity contribution in [1.82, 2.24) is 10.2 Å². The van der Waals surface area contributed by atoms with Crippen LogP contribution in [-0.4, -0.2) is 42.2 Å². The molecular formula is C19H21N4O3+. The first-order valence-corrected chi connectivity index (χ1v) is 8.75. The largest absolute Gasteiger partial charge is 0.459 e. The molecule has 1 saturated heterocycles. The molecule has 0 atom stereocenters. The van der Waals surface area contributed by atoms with Gasteiger partial charge in [0.25, 0.3) is 11.8 Å². The van der Waals surface area contributed by atoms with Gasteiger partial charge in [0, 0.05) is 11.3 Å². The van der Waals surface area contributed by atoms with Crippen LogP contribution in [-0.2, 0) is 6.54 Å². The molecule has 0 saturated carbocycles. The topological polar surface area (TPSA) is 76.8 Å². The molecule has 3 aromatic rings. The van der Waals surface area contributed by atoms with Crippen LogP contribution in [0.5, 0.6) is 0 Å². The number of anilines is 1. The molecule has 3 heterocycles. The fourth-order valence-electron chi connectivity index (χ4n) is 3.20. The first-order valence-electron chi connectivity index (χ1n) is 8.75. The van der Waals surface area contributed by atoms with Gasteiger partial charge >= 0.3 is 0 Å². The third-order valence-electron chi connectivity index (χ3n) is 4.71. The molecule has 7 nitrogen and oxygen atoms in total. The monoisotopic (exact) mass is 353 g/mol. The van der Waals surface area contributed by atoms with E-state index in [1.54, 1.807) is 25.3 Å². The number of carbonyl (C=O) groups excluding carboxylic acids is 1. The third kappa shape index (κ3) is 3.52. The van der Waals surface area contributed by atoms with Crippen molar-refractivity contribution in [1.29, 1.82) is 0 Å². The highest BCUT2D eigenvalue weighted by Gasteiger charge is 2.23. The molecule has 1 aliphatic rings. The summed E-state index contributed by atoms with van der Waals surface area (Å²) in [6.07, 6.45) is 1.59. The van der Waals surface area contributed by atoms with Crippen LogP contribution < -0.4 is 9.80 Å². The Morgan fingerprint density at radius 1 is 1.15 bits per heavy atom. The number of benzene rings is 1. The molecule has 0 spiro atoms. The van der Waals surface area contributed by atoms with Crippen LogP contribution in [0.25, 0.3) is 11.7 Å². The van der Waals surface area contributed by atoms with Crippen LogP contribution in [0.3, 0.4) is 0 Å². The summed E-state index contributed by atoms with van der Waals surface area (Å²) >= 11 is 0. The average Bonchev–Trinajstić information content (AvgIpc) is 3.34. The molecular weight excluding hydrogens is 332 g/mol. The van der Waals surface area contributed by atoms with Gasteiger partial charge in [0.15, 0.2) is 18.1 Å². The van der Waals surface area contributed by atoms with Crippen LogP contribution >= 0.6 is 0 Å². The maximum absolute atomic E-state index is 11.4. The van der Waals surface area contributed by atoms with Crippen molar-refractivity contribution in [3.8, 4) is 11.7 Å². The van der Waals surface area contributed by atoms with E-state index >= 15 is 0 Å². The fraction of sp³-hybridized carbons (Fsp3) is 0.316. The first-order chi connectivity index (χ1) is 12.7. The number of carbonyl (C=O) groups is 1. The zero-order chi connectivity index (χ0) is 17.9. The highest BCUT2D eigenvalue weighted by molar-refractivity contribution is 5.94. The van der Waals surface area contributed by atoms with E-state index in [1.807, 2.05) is 24.3 Å². The molecule has 0 amide bonds. The fourth-order valence-corrected chi connectivity index (χ4v) is 3.20. The van der Waals surface area contributed by atoms with Gasteiger partial charge in [-0.25, -0.2) is 0 Å². The molecule has 0 bridgehead atoms. The lowest BCUT2D eigenvalue weighted by atomic mass is 10.1. The number of nitrogens with one attached hydrogen (secondary N) is 1. The number of ketones is 1. The van der Waals surface area contributed by atoms with E-state index in [9.17, 15) is 4.79 Å². The maximum atomic E-state index is 11.4. The van der Waals surface area contributed by atoms with Gasteiger partial charge in [0.05, 0.1) is 32.4 Å². The van der Waals surface area contributed by atoms with Crippen molar-refractivity contribution >= 4 is 11.5 Å². The van der Waals surface area contributed by atoms with Crippen molar-refractivity contribution in [2.24, 2.45) is 0 Å². The van der Waals surface area contributed by atoms with Crippen LogP contribution in [0.4, 0.5) is 5.69 Å². The summed E-state index contributed by atoms with van der Waals surface area (Å²) in [5.41, 5.74) is 1.91. The molecule has 7 heteroatoms. The van der Waals surface area contributed by atoms with Gasteiger partial charge in [0.1, 0.15) is 0 Å². The number of hydrogen-bond donors (Lipinski definition) is 1. The Kier molecular flexibility index (Phi) is 4.53. The minimum atomic E-state index is 0.0966. The smallest absolute Gasteiger partial charge is 0.283 e. The number of rotatable bonds is 5. The van der Waals surface area contributed by atoms with Crippen LogP contribution in [0.1, 0.15) is 23.2 Å². The van der Waals surface area contributed by atoms with Crippen molar-refractivity contribution in [2.45, 2.75) is 13.5 Å². The van der Waals surface area contributed by atoms with E-state index in [0.717, 1.165) is 37.4 Å². The number of piperazine rings is 1. The number of aromatic nitrogens is 2. The summed E-state index contributed by atoms with van der Waals surface area (Å²) in [5.74, 6) is 1.75. The second-order valence-electron chi connectivity index (χ2n) is 6.50. The van der Waals surface area contributed by atoms with Gasteiger partial charge < -0.3 is 18.6 Å². The Balaban J connectivity index is 1.33. The minimum Gasteiger partial charge on any atom is -0.459 e. The molecule has 0 unspecified atom stereocenters. The first kappa shape index (κ1) is 16.5. The summed E-state index contributed by atoms with van der Waals surface area (Å²) in [5, 5.41) is 8.17. The lowest BCUT2D eigenvalue weighted by molar-refractivity contribution is -0.915. The van der Waals surface area contributed by atoms with Crippen molar-refractivity contribution in [3.05, 3.63) is 54.1 Å². The molecule has 1 aliphatic heterocycles. The molecule has 1 fully saturated rings. The summed E-state index contributed by atoms with van der Waals surface area (Å²) in [4.78, 5) is 15.1. The zero-order valence-electron chi connectivity index (χ0n) is 14.6. The van der Waals surface area contributed by atoms with Crippen molar-refractivity contribution < 1.29 is 18.5 Å². The van der Waals surface area contributed by atoms with Crippen LogP contribution in [0, 0.1) is 0 Å². The quantitative estimate of drug-likeness (QED) is 0.700. The molecule has 1 N–H and O–H groups in total. The predicted octanol–water partition coefficient (Wildman–Crippen LogP) is 1.44. The Morgan fingerprint density at radius 3 is 2.58 bits per heavy atom. The molecule has 0 radical (unpaired) electrons. The predicted molar refractivity (Wildman–Crippen MR) is 95.1 cm³/mol. The molecule has 2 aromatic heterocycles. The highest BCUT2D eigenvalue weighted by Crippen LogP contribution is 2.18. The van der Waals surface area contributed by atoms with E-state index in [4.69, 9.17) is 8.83 Å². The summed E-state index contributed by atoms with van der Waals surface area (Å²) in [6, 6.07) is 11.4. The SMILES string of the molecule is CC(=O)c1ccc(N2CC[NH+](Cc3nnc(-c4ccco4)o3)CC2)cc1. The van der Waals surface area contributed by atoms with Gasteiger partial charge in [0.2, 0.25) is 0 Å². The number of Topliss-reactive ketones (excluding diaryl/α,β-unsaturated/α-hetero) is 1. The highest BCUT2D eigenvalue weighted by atomic mass is 16.4. The number of quaternary nitrogens is 1. The summed E-state index contributed by atoms with van der Waals surface area (Å²) in [6.45, 7) is 6.19. The molecule has 1 aromatic carbocycles. The lowest BCUT2D eigenvalue weighted by Gasteiger charge is -2.33. The lowest BCUT2D eigenvalue weighted by Crippen LogP contribution is -3.13. The van der Waals surface area contributed by atoms with E-state index in [-0.39, 0.29) is 5.78 Å². The van der Waals surface area contributed by atoms with Gasteiger partial charge in [-0.05, 0) is 43.3 Å². The molecule has 4 rings (SSSR count).